The van der Waals surface area contributed by atoms with Crippen LogP contribution in [0.2, 0.25) is 0 Å². The summed E-state index contributed by atoms with van der Waals surface area (Å²) >= 11 is 3.33. The highest BCUT2D eigenvalue weighted by Gasteiger charge is 2.99. The number of carbonyl (C=O) groups excluding carboxylic acids is 1. The first-order chi connectivity index (χ1) is 25.7. The molecule has 0 fully saturated rings. The quantitative estimate of drug-likeness (QED) is 0.119. The number of alkyl halides is 23. The van der Waals surface area contributed by atoms with Crippen LogP contribution in [-0.4, -0.2) is 71.4 Å². The summed E-state index contributed by atoms with van der Waals surface area (Å²) in [5, 5.41) is 0. The van der Waals surface area contributed by atoms with E-state index in [0.717, 1.165) is 72.8 Å². The number of rotatable bonds is 14. The second-order valence-electron chi connectivity index (χ2n) is 11.4. The van der Waals surface area contributed by atoms with E-state index in [-0.39, 0.29) is 0 Å². The first kappa shape index (κ1) is 49.7. The minimum Gasteiger partial charge on any atom is -0.397 e. The van der Waals surface area contributed by atoms with Gasteiger partial charge in [-0.05, 0) is 116 Å². The van der Waals surface area contributed by atoms with Crippen LogP contribution in [0.4, 0.5) is 101 Å². The van der Waals surface area contributed by atoms with Crippen LogP contribution in [0.25, 0.3) is 0 Å². The summed E-state index contributed by atoms with van der Waals surface area (Å²) in [5.74, 6) is -94.5. The van der Waals surface area contributed by atoms with Gasteiger partial charge in [0.1, 0.15) is 0 Å². The molecule has 0 bridgehead atoms. The summed E-state index contributed by atoms with van der Waals surface area (Å²) in [4.78, 5) is 11.6. The van der Waals surface area contributed by atoms with Gasteiger partial charge in [-0.3, -0.25) is 0 Å². The van der Waals surface area contributed by atoms with E-state index >= 15 is 17.6 Å². The van der Waals surface area contributed by atoms with E-state index in [9.17, 15) is 88.2 Å². The van der Waals surface area contributed by atoms with Crippen molar-refractivity contribution in [2.24, 2.45) is 0 Å². The molecular weight excluding hydrogens is 1120 g/mol. The van der Waals surface area contributed by atoms with E-state index in [1.54, 1.807) is 45.2 Å². The number of carbonyl (C=O) groups is 1. The van der Waals surface area contributed by atoms with Gasteiger partial charge >= 0.3 is 71.4 Å². The maximum Gasteiger partial charge on any atom is 0.460 e. The van der Waals surface area contributed by atoms with Crippen molar-refractivity contribution in [1.82, 2.24) is 0 Å². The molecule has 0 radical (unpaired) electrons. The van der Waals surface area contributed by atoms with Crippen molar-refractivity contribution in [3.05, 3.63) is 86.0 Å². The molecule has 0 spiro atoms. The third-order valence-electron chi connectivity index (χ3n) is 7.73. The van der Waals surface area contributed by atoms with E-state index in [2.05, 4.69) is 0 Å². The topological polar surface area (TPSA) is 26.3 Å². The van der Waals surface area contributed by atoms with Crippen LogP contribution in [0, 0.1) is 7.14 Å². The van der Waals surface area contributed by atoms with Crippen LogP contribution in [0.1, 0.15) is 0 Å². The molecule has 0 aliphatic rings. The summed E-state index contributed by atoms with van der Waals surface area (Å²) < 4.78 is 328. The SMILES string of the molecule is O=C(OS(c1ccccc1)(c1ccc(I)cc1)c1ccc(I)cc1)C(F)(F)C(F)(F)C(F)(F)C(F)(F)C(F)(F)C(F)(F)C(F)(F)C(F)(F)C(F)(F)C(F)(F)C(F)(F)F. The van der Waals surface area contributed by atoms with Gasteiger partial charge in [0.15, 0.2) is 0 Å². The molecule has 0 unspecified atom stereocenters. The minimum atomic E-state index is -9.56. The lowest BCUT2D eigenvalue weighted by Gasteiger charge is -2.45. The number of hydrogen-bond acceptors (Lipinski definition) is 2. The molecule has 3 rings (SSSR count). The van der Waals surface area contributed by atoms with E-state index in [0.29, 0.717) is 7.14 Å². The molecule has 0 amide bonds. The van der Waals surface area contributed by atoms with Gasteiger partial charge in [-0.15, -0.1) is 0 Å². The third kappa shape index (κ3) is 7.01. The van der Waals surface area contributed by atoms with E-state index in [4.69, 9.17) is 4.18 Å². The second-order valence-corrected chi connectivity index (χ2v) is 16.6. The van der Waals surface area contributed by atoms with Crippen molar-refractivity contribution in [1.29, 1.82) is 0 Å². The van der Waals surface area contributed by atoms with Crippen molar-refractivity contribution in [3.8, 4) is 0 Å². The van der Waals surface area contributed by atoms with Crippen molar-refractivity contribution < 1.29 is 110 Å². The molecule has 0 saturated heterocycles. The monoisotopic (exact) mass is 1130 g/mol. The molecule has 58 heavy (non-hydrogen) atoms. The predicted molar refractivity (Wildman–Crippen MR) is 169 cm³/mol. The summed E-state index contributed by atoms with van der Waals surface area (Å²) in [6.07, 6.45) is -8.16. The fourth-order valence-electron chi connectivity index (χ4n) is 4.47. The molecule has 28 heteroatoms. The maximum absolute atomic E-state index is 15.3. The Morgan fingerprint density at radius 2 is 0.638 bits per heavy atom. The van der Waals surface area contributed by atoms with Crippen molar-refractivity contribution in [2.45, 2.75) is 80.1 Å². The summed E-state index contributed by atoms with van der Waals surface area (Å²) in [6, 6.07) is 13.8. The molecule has 0 aromatic heterocycles. The third-order valence-corrected chi connectivity index (χ3v) is 12.4. The van der Waals surface area contributed by atoms with Crippen LogP contribution < -0.4 is 0 Å². The highest BCUT2D eigenvalue weighted by Crippen LogP contribution is 2.71. The Balaban J connectivity index is 2.25. The van der Waals surface area contributed by atoms with Gasteiger partial charge in [-0.2, -0.15) is 101 Å². The molecule has 0 aliphatic heterocycles. The first-order valence-electron chi connectivity index (χ1n) is 14.2. The van der Waals surface area contributed by atoms with E-state index in [1.165, 1.54) is 6.07 Å². The fourth-order valence-corrected chi connectivity index (χ4v) is 8.20. The van der Waals surface area contributed by atoms with E-state index in [1.807, 2.05) is 0 Å². The average molecular weight is 1130 g/mol. The molecule has 3 aromatic rings. The predicted octanol–water partition coefficient (Wildman–Crippen LogP) is 13.6. The van der Waals surface area contributed by atoms with Gasteiger partial charge in [0.05, 0.1) is 0 Å². The number of benzene rings is 3. The Labute approximate surface area is 336 Å². The molecule has 3 aromatic carbocycles. The van der Waals surface area contributed by atoms with Crippen LogP contribution in [0.5, 0.6) is 0 Å². The largest absolute Gasteiger partial charge is 0.460 e. The van der Waals surface area contributed by atoms with Crippen LogP contribution >= 0.6 is 55.5 Å². The van der Waals surface area contributed by atoms with Gasteiger partial charge < -0.3 is 4.18 Å². The second kappa shape index (κ2) is 15.0. The van der Waals surface area contributed by atoms with Crippen LogP contribution in [0.15, 0.2) is 93.5 Å². The summed E-state index contributed by atoms with van der Waals surface area (Å²) in [7, 11) is -4.38. The highest BCUT2D eigenvalue weighted by atomic mass is 127. The van der Waals surface area contributed by atoms with Gasteiger partial charge in [0.2, 0.25) is 0 Å². The first-order valence-corrected chi connectivity index (χ1v) is 17.9. The van der Waals surface area contributed by atoms with Gasteiger partial charge in [-0.1, -0.05) is 18.2 Å². The molecule has 0 aliphatic carbocycles. The van der Waals surface area contributed by atoms with Crippen molar-refractivity contribution >= 4 is 61.5 Å². The number of hydrogen-bond donors (Lipinski definition) is 0. The number of halogens is 25. The fraction of sp³-hybridized carbons (Fsp3) is 0.367. The smallest absolute Gasteiger partial charge is 0.397 e. The van der Waals surface area contributed by atoms with Crippen LogP contribution in [0.3, 0.4) is 0 Å². The summed E-state index contributed by atoms with van der Waals surface area (Å²) in [5.41, 5.74) is 0. The Morgan fingerprint density at radius 3 is 0.931 bits per heavy atom. The molecule has 326 valence electrons. The zero-order chi connectivity index (χ0) is 45.4. The Hall–Kier alpha value is -2.67. The van der Waals surface area contributed by atoms with E-state index < -0.39 is 96.4 Å². The van der Waals surface area contributed by atoms with Gasteiger partial charge in [0, 0.05) is 21.8 Å². The molecule has 0 N–H and O–H groups in total. The molecular formula is C30H13F23I2O2S. The van der Waals surface area contributed by atoms with Crippen molar-refractivity contribution in [2.75, 3.05) is 0 Å². The van der Waals surface area contributed by atoms with Crippen LogP contribution in [-0.2, 0) is 8.98 Å². The Kier molecular flexibility index (Phi) is 12.9. The highest BCUT2D eigenvalue weighted by molar-refractivity contribution is 14.1. The summed E-state index contributed by atoms with van der Waals surface area (Å²) in [6.45, 7) is 0. The van der Waals surface area contributed by atoms with Gasteiger partial charge in [0.25, 0.3) is 0 Å². The van der Waals surface area contributed by atoms with Gasteiger partial charge in [-0.25, -0.2) is 4.79 Å². The minimum absolute atomic E-state index is 0.328. The molecule has 0 saturated carbocycles. The molecule has 0 heterocycles. The Morgan fingerprint density at radius 1 is 0.379 bits per heavy atom. The lowest BCUT2D eigenvalue weighted by atomic mass is 9.85. The lowest BCUT2D eigenvalue weighted by Crippen LogP contribution is -2.78. The molecule has 0 atom stereocenters. The average Bonchev–Trinajstić information content (AvgIpc) is 3.10. The molecule has 2 nitrogen and oxygen atoms in total. The Bertz CT molecular complexity index is 1910. The zero-order valence-electron chi connectivity index (χ0n) is 26.7. The standard InChI is InChI=1S/C30H13F23I2O2S/c31-20(32,19(56)57-58(16-4-2-1-3-5-16,17-10-6-14(54)7-11-17)18-12-8-15(55)9-13-18)21(33,34)22(35,36)23(37,38)24(39,40)25(41,42)26(43,44)27(45,46)28(47,48)29(49,50)30(51,52)53/h1-13H. The normalized spacial score (nSPS) is 15.3. The lowest BCUT2D eigenvalue weighted by molar-refractivity contribution is -0.477. The maximum atomic E-state index is 15.3. The van der Waals surface area contributed by atoms with Crippen molar-refractivity contribution in [3.63, 3.8) is 0 Å². The zero-order valence-corrected chi connectivity index (χ0v) is 31.8.